The third kappa shape index (κ3) is 1.72. The molecule has 0 spiro atoms. The van der Waals surface area contributed by atoms with Crippen LogP contribution in [0, 0.1) is 0 Å². The van der Waals surface area contributed by atoms with Gasteiger partial charge in [0.15, 0.2) is 0 Å². The van der Waals surface area contributed by atoms with Crippen LogP contribution in [0.3, 0.4) is 0 Å². The van der Waals surface area contributed by atoms with Gasteiger partial charge in [0.2, 0.25) is 0 Å². The molecule has 0 aliphatic rings. The Morgan fingerprint density at radius 2 is 2.19 bits per heavy atom. The van der Waals surface area contributed by atoms with Crippen molar-refractivity contribution in [3.63, 3.8) is 0 Å². The van der Waals surface area contributed by atoms with Crippen LogP contribution in [0.5, 0.6) is 5.75 Å². The number of benzene rings is 1. The summed E-state index contributed by atoms with van der Waals surface area (Å²) in [7, 11) is 1.63. The average Bonchev–Trinajstić information content (AvgIpc) is 2.30. The van der Waals surface area contributed by atoms with Crippen molar-refractivity contribution >= 4 is 22.7 Å². The largest absolute Gasteiger partial charge is 0.497 e. The molecule has 3 heteroatoms. The molecule has 0 aliphatic heterocycles. The van der Waals surface area contributed by atoms with E-state index in [1.165, 1.54) is 0 Å². The van der Waals surface area contributed by atoms with E-state index in [0.717, 1.165) is 22.2 Å². The number of fused-ring (bicyclic) bond motifs is 1. The molecule has 0 saturated heterocycles. The van der Waals surface area contributed by atoms with Gasteiger partial charge >= 0.3 is 0 Å². The standard InChI is InChI=1S/C13H14N2O/c1-3-4-9-5-6-15-13-11(9)7-10(16-2)8-12(13)14/h3-8H,14H2,1-2H3/b4-3+. The van der Waals surface area contributed by atoms with E-state index in [4.69, 9.17) is 10.5 Å². The molecule has 0 bridgehead atoms. The summed E-state index contributed by atoms with van der Waals surface area (Å²) >= 11 is 0. The lowest BCUT2D eigenvalue weighted by molar-refractivity contribution is 0.415. The molecule has 3 nitrogen and oxygen atoms in total. The van der Waals surface area contributed by atoms with Crippen molar-refractivity contribution in [3.05, 3.63) is 36.0 Å². The van der Waals surface area contributed by atoms with Crippen molar-refractivity contribution in [1.82, 2.24) is 4.98 Å². The fourth-order valence-electron chi connectivity index (χ4n) is 1.72. The fraction of sp³-hybridized carbons (Fsp3) is 0.154. The Hall–Kier alpha value is -2.03. The molecule has 2 N–H and O–H groups in total. The summed E-state index contributed by atoms with van der Waals surface area (Å²) < 4.78 is 5.20. The maximum Gasteiger partial charge on any atom is 0.121 e. The molecule has 1 heterocycles. The van der Waals surface area contributed by atoms with Crippen molar-refractivity contribution in [1.29, 1.82) is 0 Å². The van der Waals surface area contributed by atoms with E-state index in [1.54, 1.807) is 19.4 Å². The van der Waals surface area contributed by atoms with Crippen LogP contribution >= 0.6 is 0 Å². The molecule has 16 heavy (non-hydrogen) atoms. The number of nitrogen functional groups attached to an aromatic ring is 1. The third-order valence-corrected chi connectivity index (χ3v) is 2.46. The lowest BCUT2D eigenvalue weighted by atomic mass is 10.1. The summed E-state index contributed by atoms with van der Waals surface area (Å²) in [5.74, 6) is 0.753. The lowest BCUT2D eigenvalue weighted by Crippen LogP contribution is -1.93. The number of pyridine rings is 1. The monoisotopic (exact) mass is 214 g/mol. The SMILES string of the molecule is C/C=C/c1ccnc2c(N)cc(OC)cc12. The Morgan fingerprint density at radius 1 is 1.38 bits per heavy atom. The van der Waals surface area contributed by atoms with Gasteiger partial charge in [0.05, 0.1) is 18.3 Å². The van der Waals surface area contributed by atoms with E-state index < -0.39 is 0 Å². The molecule has 82 valence electrons. The number of methoxy groups -OCH3 is 1. The van der Waals surface area contributed by atoms with Crippen molar-refractivity contribution in [3.8, 4) is 5.75 Å². The van der Waals surface area contributed by atoms with E-state index >= 15 is 0 Å². The second-order valence-electron chi connectivity index (χ2n) is 3.51. The molecule has 1 aromatic heterocycles. The van der Waals surface area contributed by atoms with Crippen LogP contribution in [0.2, 0.25) is 0 Å². The lowest BCUT2D eigenvalue weighted by Gasteiger charge is -2.07. The maximum absolute atomic E-state index is 5.93. The van der Waals surface area contributed by atoms with E-state index in [2.05, 4.69) is 4.98 Å². The van der Waals surface area contributed by atoms with Gasteiger partial charge in [-0.2, -0.15) is 0 Å². The Morgan fingerprint density at radius 3 is 2.88 bits per heavy atom. The van der Waals surface area contributed by atoms with Gasteiger partial charge in [-0.15, -0.1) is 0 Å². The molecule has 2 rings (SSSR count). The minimum atomic E-state index is 0.640. The predicted octanol–water partition coefficient (Wildman–Crippen LogP) is 2.86. The van der Waals surface area contributed by atoms with E-state index in [0.29, 0.717) is 5.69 Å². The Bertz CT molecular complexity index is 547. The molecule has 0 aliphatic carbocycles. The molecule has 2 aromatic rings. The minimum Gasteiger partial charge on any atom is -0.497 e. The molecule has 0 saturated carbocycles. The molecular weight excluding hydrogens is 200 g/mol. The summed E-state index contributed by atoms with van der Waals surface area (Å²) in [6.45, 7) is 1.98. The highest BCUT2D eigenvalue weighted by Crippen LogP contribution is 2.28. The highest BCUT2D eigenvalue weighted by molar-refractivity contribution is 5.96. The zero-order chi connectivity index (χ0) is 11.5. The maximum atomic E-state index is 5.93. The number of anilines is 1. The van der Waals surface area contributed by atoms with Crippen LogP contribution in [0.15, 0.2) is 30.5 Å². The fourth-order valence-corrected chi connectivity index (χ4v) is 1.72. The van der Waals surface area contributed by atoms with Crippen LogP contribution in [-0.2, 0) is 0 Å². The molecule has 0 radical (unpaired) electrons. The second-order valence-corrected chi connectivity index (χ2v) is 3.51. The van der Waals surface area contributed by atoms with Gasteiger partial charge in [0.25, 0.3) is 0 Å². The number of hydrogen-bond acceptors (Lipinski definition) is 3. The minimum absolute atomic E-state index is 0.640. The number of nitrogens with zero attached hydrogens (tertiary/aromatic N) is 1. The van der Waals surface area contributed by atoms with Crippen LogP contribution in [0.4, 0.5) is 5.69 Å². The van der Waals surface area contributed by atoms with Gasteiger partial charge in [-0.05, 0) is 24.6 Å². The Balaban J connectivity index is 2.79. The number of rotatable bonds is 2. The number of ether oxygens (including phenoxy) is 1. The van der Waals surface area contributed by atoms with E-state index in [-0.39, 0.29) is 0 Å². The predicted molar refractivity (Wildman–Crippen MR) is 67.4 cm³/mol. The number of aromatic nitrogens is 1. The summed E-state index contributed by atoms with van der Waals surface area (Å²) in [4.78, 5) is 4.28. The van der Waals surface area contributed by atoms with Crippen LogP contribution < -0.4 is 10.5 Å². The average molecular weight is 214 g/mol. The zero-order valence-electron chi connectivity index (χ0n) is 9.40. The van der Waals surface area contributed by atoms with Gasteiger partial charge in [0.1, 0.15) is 5.75 Å². The summed E-state index contributed by atoms with van der Waals surface area (Å²) in [6.07, 6.45) is 5.79. The normalized spacial score (nSPS) is 11.1. The van der Waals surface area contributed by atoms with Gasteiger partial charge < -0.3 is 10.5 Å². The molecule has 0 amide bonds. The number of allylic oxidation sites excluding steroid dienone is 1. The Labute approximate surface area is 94.6 Å². The molecule has 0 unspecified atom stereocenters. The first-order valence-corrected chi connectivity index (χ1v) is 5.11. The molecule has 1 aromatic carbocycles. The van der Waals surface area contributed by atoms with E-state index in [1.807, 2.05) is 31.2 Å². The van der Waals surface area contributed by atoms with Crippen LogP contribution in [-0.4, -0.2) is 12.1 Å². The highest BCUT2D eigenvalue weighted by atomic mass is 16.5. The first-order valence-electron chi connectivity index (χ1n) is 5.11. The zero-order valence-corrected chi connectivity index (χ0v) is 9.40. The molecule has 0 fully saturated rings. The smallest absolute Gasteiger partial charge is 0.121 e. The highest BCUT2D eigenvalue weighted by Gasteiger charge is 2.05. The topological polar surface area (TPSA) is 48.1 Å². The van der Waals surface area contributed by atoms with Gasteiger partial charge in [-0.3, -0.25) is 4.98 Å². The van der Waals surface area contributed by atoms with Gasteiger partial charge in [-0.1, -0.05) is 12.2 Å². The van der Waals surface area contributed by atoms with Crippen molar-refractivity contribution in [2.75, 3.05) is 12.8 Å². The van der Waals surface area contributed by atoms with Crippen molar-refractivity contribution in [2.45, 2.75) is 6.92 Å². The number of hydrogen-bond donors (Lipinski definition) is 1. The summed E-state index contributed by atoms with van der Waals surface area (Å²) in [6, 6.07) is 5.70. The molecular formula is C13H14N2O. The quantitative estimate of drug-likeness (QED) is 0.782. The van der Waals surface area contributed by atoms with E-state index in [9.17, 15) is 0 Å². The Kier molecular flexibility index (Phi) is 2.77. The van der Waals surface area contributed by atoms with Crippen LogP contribution in [0.25, 0.3) is 17.0 Å². The van der Waals surface area contributed by atoms with Crippen LogP contribution in [0.1, 0.15) is 12.5 Å². The van der Waals surface area contributed by atoms with Crippen molar-refractivity contribution in [2.24, 2.45) is 0 Å². The van der Waals surface area contributed by atoms with Crippen molar-refractivity contribution < 1.29 is 4.74 Å². The summed E-state index contributed by atoms with van der Waals surface area (Å²) in [5, 5.41) is 1.01. The first kappa shape index (κ1) is 10.5. The third-order valence-electron chi connectivity index (χ3n) is 2.46. The number of nitrogens with two attached hydrogens (primary N) is 1. The summed E-state index contributed by atoms with van der Waals surface area (Å²) in [5.41, 5.74) is 8.48. The van der Waals surface area contributed by atoms with Gasteiger partial charge in [0, 0.05) is 17.6 Å². The van der Waals surface area contributed by atoms with Gasteiger partial charge in [-0.25, -0.2) is 0 Å². The first-order chi connectivity index (χ1) is 7.76. The second kappa shape index (κ2) is 4.23. The molecule has 0 atom stereocenters.